The van der Waals surface area contributed by atoms with E-state index in [0.717, 1.165) is 37.8 Å². The van der Waals surface area contributed by atoms with Crippen molar-refractivity contribution in [2.24, 2.45) is 5.73 Å². The second kappa shape index (κ2) is 9.56. The highest BCUT2D eigenvalue weighted by Gasteiger charge is 2.30. The minimum atomic E-state index is -0.137. The standard InChI is InChI=1S/C18H30N4O3/c1-3-13(4-2)15-11-16(25-21-15)18(24)22-10-6-5-7-14(22)12-20-17(23)8-9-19/h11,13-14H,3-10,12,19H2,1-2H3,(H,20,23). The molecule has 0 aliphatic carbocycles. The van der Waals surface area contributed by atoms with Gasteiger partial charge in [0.15, 0.2) is 0 Å². The molecule has 7 nitrogen and oxygen atoms in total. The molecular weight excluding hydrogens is 320 g/mol. The predicted octanol–water partition coefficient (Wildman–Crippen LogP) is 2.04. The van der Waals surface area contributed by atoms with E-state index in [1.807, 2.05) is 4.90 Å². The number of hydrogen-bond acceptors (Lipinski definition) is 5. The van der Waals surface area contributed by atoms with E-state index >= 15 is 0 Å². The molecule has 3 N–H and O–H groups in total. The number of carbonyl (C=O) groups is 2. The first kappa shape index (κ1) is 19.4. The quantitative estimate of drug-likeness (QED) is 0.747. The Labute approximate surface area is 149 Å². The summed E-state index contributed by atoms with van der Waals surface area (Å²) < 4.78 is 5.33. The van der Waals surface area contributed by atoms with E-state index in [9.17, 15) is 9.59 Å². The molecule has 140 valence electrons. The second-order valence-corrected chi connectivity index (χ2v) is 6.62. The number of nitrogens with zero attached hydrogens (tertiary/aromatic N) is 2. The molecule has 1 aromatic heterocycles. The fraction of sp³-hybridized carbons (Fsp3) is 0.722. The van der Waals surface area contributed by atoms with Crippen molar-refractivity contribution in [2.45, 2.75) is 64.3 Å². The first-order chi connectivity index (χ1) is 12.1. The van der Waals surface area contributed by atoms with Gasteiger partial charge in [-0.1, -0.05) is 19.0 Å². The molecule has 2 heterocycles. The van der Waals surface area contributed by atoms with Crippen LogP contribution in [-0.4, -0.2) is 47.5 Å². The summed E-state index contributed by atoms with van der Waals surface area (Å²) in [4.78, 5) is 26.3. The van der Waals surface area contributed by atoms with E-state index in [2.05, 4.69) is 24.3 Å². The Hall–Kier alpha value is -1.89. The molecule has 2 rings (SSSR count). The SMILES string of the molecule is CCC(CC)c1cc(C(=O)N2CCCCC2CNC(=O)CCN)on1. The molecule has 0 saturated carbocycles. The molecule has 0 spiro atoms. The van der Waals surface area contributed by atoms with Gasteiger partial charge in [0.1, 0.15) is 0 Å². The summed E-state index contributed by atoms with van der Waals surface area (Å²) in [6.07, 6.45) is 5.14. The molecule has 0 bridgehead atoms. The number of piperidine rings is 1. The van der Waals surface area contributed by atoms with Crippen molar-refractivity contribution >= 4 is 11.8 Å². The summed E-state index contributed by atoms with van der Waals surface area (Å²) in [6.45, 7) is 5.68. The maximum absolute atomic E-state index is 12.9. The lowest BCUT2D eigenvalue weighted by atomic mass is 9.99. The van der Waals surface area contributed by atoms with E-state index in [4.69, 9.17) is 10.3 Å². The molecule has 1 atom stereocenters. The number of rotatable bonds is 8. The van der Waals surface area contributed by atoms with Crippen LogP contribution in [0.5, 0.6) is 0 Å². The average Bonchev–Trinajstić information content (AvgIpc) is 3.11. The Morgan fingerprint density at radius 2 is 2.16 bits per heavy atom. The summed E-state index contributed by atoms with van der Waals surface area (Å²) in [5.74, 6) is 0.402. The molecule has 1 saturated heterocycles. The van der Waals surface area contributed by atoms with Crippen LogP contribution in [0.1, 0.15) is 74.5 Å². The van der Waals surface area contributed by atoms with E-state index in [1.165, 1.54) is 0 Å². The normalized spacial score (nSPS) is 17.8. The molecule has 0 radical (unpaired) electrons. The fourth-order valence-corrected chi connectivity index (χ4v) is 3.36. The van der Waals surface area contributed by atoms with E-state index in [0.29, 0.717) is 37.7 Å². The highest BCUT2D eigenvalue weighted by atomic mass is 16.5. The molecule has 1 fully saturated rings. The lowest BCUT2D eigenvalue weighted by molar-refractivity contribution is -0.121. The monoisotopic (exact) mass is 350 g/mol. The summed E-state index contributed by atoms with van der Waals surface area (Å²) in [7, 11) is 0. The number of hydrogen-bond donors (Lipinski definition) is 2. The second-order valence-electron chi connectivity index (χ2n) is 6.62. The third kappa shape index (κ3) is 5.04. The lowest BCUT2D eigenvalue weighted by Gasteiger charge is -2.35. The minimum absolute atomic E-state index is 0.00956. The van der Waals surface area contributed by atoms with Crippen LogP contribution in [0.2, 0.25) is 0 Å². The number of carbonyl (C=O) groups excluding carboxylic acids is 2. The average molecular weight is 350 g/mol. The van der Waals surface area contributed by atoms with Gasteiger partial charge in [0.2, 0.25) is 11.7 Å². The fourth-order valence-electron chi connectivity index (χ4n) is 3.36. The molecule has 2 amide bonds. The molecule has 1 aliphatic heterocycles. The number of likely N-dealkylation sites (tertiary alicyclic amines) is 1. The van der Waals surface area contributed by atoms with Crippen LogP contribution in [0.15, 0.2) is 10.6 Å². The van der Waals surface area contributed by atoms with Gasteiger partial charge in [-0.3, -0.25) is 9.59 Å². The van der Waals surface area contributed by atoms with Gasteiger partial charge in [0.25, 0.3) is 5.91 Å². The van der Waals surface area contributed by atoms with Gasteiger partial charge < -0.3 is 20.5 Å². The van der Waals surface area contributed by atoms with E-state index in [-0.39, 0.29) is 17.9 Å². The highest BCUT2D eigenvalue weighted by molar-refractivity contribution is 5.91. The van der Waals surface area contributed by atoms with Crippen LogP contribution in [0.25, 0.3) is 0 Å². The topological polar surface area (TPSA) is 101 Å². The highest BCUT2D eigenvalue weighted by Crippen LogP contribution is 2.24. The Morgan fingerprint density at radius 3 is 2.84 bits per heavy atom. The van der Waals surface area contributed by atoms with Crippen molar-refractivity contribution < 1.29 is 14.1 Å². The summed E-state index contributed by atoms with van der Waals surface area (Å²) in [5.41, 5.74) is 6.24. The van der Waals surface area contributed by atoms with Crippen LogP contribution in [0.3, 0.4) is 0 Å². The third-order valence-electron chi connectivity index (χ3n) is 4.94. The number of nitrogens with one attached hydrogen (secondary N) is 1. The van der Waals surface area contributed by atoms with Gasteiger partial charge in [0, 0.05) is 44.1 Å². The van der Waals surface area contributed by atoms with Crippen molar-refractivity contribution in [3.05, 3.63) is 17.5 Å². The molecule has 1 aliphatic rings. The number of amides is 2. The van der Waals surface area contributed by atoms with Crippen molar-refractivity contribution in [1.82, 2.24) is 15.4 Å². The predicted molar refractivity (Wildman–Crippen MR) is 95.2 cm³/mol. The maximum atomic E-state index is 12.9. The molecule has 1 unspecified atom stereocenters. The first-order valence-electron chi connectivity index (χ1n) is 9.35. The van der Waals surface area contributed by atoms with Gasteiger partial charge in [-0.15, -0.1) is 0 Å². The van der Waals surface area contributed by atoms with Gasteiger partial charge in [0.05, 0.1) is 5.69 Å². The van der Waals surface area contributed by atoms with E-state index in [1.54, 1.807) is 6.07 Å². The molecule has 25 heavy (non-hydrogen) atoms. The van der Waals surface area contributed by atoms with Crippen LogP contribution in [0, 0.1) is 0 Å². The third-order valence-corrected chi connectivity index (χ3v) is 4.94. The van der Waals surface area contributed by atoms with Gasteiger partial charge in [-0.2, -0.15) is 0 Å². The lowest BCUT2D eigenvalue weighted by Crippen LogP contribution is -2.49. The zero-order valence-corrected chi connectivity index (χ0v) is 15.3. The maximum Gasteiger partial charge on any atom is 0.292 e. The van der Waals surface area contributed by atoms with Crippen molar-refractivity contribution in [1.29, 1.82) is 0 Å². The molecule has 7 heteroatoms. The van der Waals surface area contributed by atoms with Crippen LogP contribution >= 0.6 is 0 Å². The van der Waals surface area contributed by atoms with Crippen molar-refractivity contribution in [3.8, 4) is 0 Å². The molecule has 0 aromatic carbocycles. The van der Waals surface area contributed by atoms with Gasteiger partial charge in [-0.25, -0.2) is 0 Å². The Balaban J connectivity index is 2.03. The Bertz CT molecular complexity index is 568. The Kier molecular flexibility index (Phi) is 7.43. The molecule has 1 aromatic rings. The summed E-state index contributed by atoms with van der Waals surface area (Å²) >= 11 is 0. The summed E-state index contributed by atoms with van der Waals surface area (Å²) in [6, 6.07) is 1.77. The van der Waals surface area contributed by atoms with Gasteiger partial charge in [-0.05, 0) is 32.1 Å². The largest absolute Gasteiger partial charge is 0.354 e. The van der Waals surface area contributed by atoms with Crippen LogP contribution < -0.4 is 11.1 Å². The van der Waals surface area contributed by atoms with Crippen LogP contribution in [-0.2, 0) is 4.79 Å². The van der Waals surface area contributed by atoms with Gasteiger partial charge >= 0.3 is 0 Å². The first-order valence-corrected chi connectivity index (χ1v) is 9.35. The number of aromatic nitrogens is 1. The zero-order chi connectivity index (χ0) is 18.2. The minimum Gasteiger partial charge on any atom is -0.354 e. The number of nitrogens with two attached hydrogens (primary N) is 1. The zero-order valence-electron chi connectivity index (χ0n) is 15.3. The van der Waals surface area contributed by atoms with E-state index < -0.39 is 0 Å². The molecular formula is C18H30N4O3. The summed E-state index contributed by atoms with van der Waals surface area (Å²) in [5, 5.41) is 6.96. The smallest absolute Gasteiger partial charge is 0.292 e. The van der Waals surface area contributed by atoms with Crippen molar-refractivity contribution in [2.75, 3.05) is 19.6 Å². The van der Waals surface area contributed by atoms with Crippen molar-refractivity contribution in [3.63, 3.8) is 0 Å². The Morgan fingerprint density at radius 1 is 1.40 bits per heavy atom. The van der Waals surface area contributed by atoms with Crippen LogP contribution in [0.4, 0.5) is 0 Å².